The van der Waals surface area contributed by atoms with Crippen LogP contribution in [0.1, 0.15) is 97.3 Å². The number of hydrogen-bond acceptors (Lipinski definition) is 9. The molecule has 0 aromatic rings. The van der Waals surface area contributed by atoms with Crippen LogP contribution < -0.4 is 29.6 Å². The Balaban J connectivity index is 0.00000108. The van der Waals surface area contributed by atoms with E-state index in [0.29, 0.717) is 25.4 Å². The molecule has 0 saturated carbocycles. The summed E-state index contributed by atoms with van der Waals surface area (Å²) in [5.74, 6) is -1.80. The van der Waals surface area contributed by atoms with Gasteiger partial charge in [0.1, 0.15) is 10.1 Å². The van der Waals surface area contributed by atoms with E-state index in [9.17, 15) is 27.4 Å². The van der Waals surface area contributed by atoms with Crippen LogP contribution in [0.5, 0.6) is 0 Å². The van der Waals surface area contributed by atoms with Crippen LogP contribution in [0, 0.1) is 11.8 Å². The van der Waals surface area contributed by atoms with Gasteiger partial charge in [-0.2, -0.15) is 0 Å². The fraction of sp³-hybridized carbons (Fsp3) is 0.750. The Bertz CT molecular complexity index is 870. The summed E-state index contributed by atoms with van der Waals surface area (Å²) in [5.41, 5.74) is 0. The van der Waals surface area contributed by atoms with Gasteiger partial charge in [-0.3, -0.25) is 14.4 Å². The molecule has 1 heterocycles. The van der Waals surface area contributed by atoms with Crippen molar-refractivity contribution in [2.45, 2.75) is 103 Å². The van der Waals surface area contributed by atoms with Gasteiger partial charge >= 0.3 is 47.5 Å². The monoisotopic (exact) mass is 580 g/mol. The Hall–Kier alpha value is -1.20. The quantitative estimate of drug-likeness (QED) is 0.0784. The Labute approximate surface area is 256 Å². The van der Waals surface area contributed by atoms with E-state index >= 15 is 0 Å². The Morgan fingerprint density at radius 1 is 0.897 bits per heavy atom. The second-order valence-corrected chi connectivity index (χ2v) is 11.3. The van der Waals surface area contributed by atoms with Crippen molar-refractivity contribution in [1.29, 1.82) is 0 Å². The van der Waals surface area contributed by atoms with Crippen LogP contribution in [-0.2, 0) is 38.7 Å². The first-order chi connectivity index (χ1) is 18.2. The van der Waals surface area contributed by atoms with Crippen LogP contribution in [0.25, 0.3) is 0 Å². The van der Waals surface area contributed by atoms with Gasteiger partial charge in [-0.25, -0.2) is 8.42 Å². The molecule has 9 nitrogen and oxygen atoms in total. The second-order valence-electron chi connectivity index (χ2n) is 9.70. The summed E-state index contributed by atoms with van der Waals surface area (Å²) < 4.78 is 48.7. The molecule has 0 spiro atoms. The standard InChI is InChI=1S/C20H38O7S.C8H8O2.Na/c1-3-5-7-9-11-13-15-26-19(21)17-18(28(23,24)25)20(22)27-16-14-12-10-8-6-4-2;9-8-7-4-2-1-3-6(7)5-10-8;/h18H,3-17H2,1-2H3,(H,23,24,25);1-4,6-7H,5H2;/q;;+1/p-1. The summed E-state index contributed by atoms with van der Waals surface area (Å²) in [4.78, 5) is 34.6. The van der Waals surface area contributed by atoms with Crippen LogP contribution >= 0.6 is 0 Å². The molecule has 3 unspecified atom stereocenters. The average molecular weight is 581 g/mol. The number of unbranched alkanes of at least 4 members (excludes halogenated alkanes) is 10. The summed E-state index contributed by atoms with van der Waals surface area (Å²) in [7, 11) is -4.98. The summed E-state index contributed by atoms with van der Waals surface area (Å²) in [6.45, 7) is 5.00. The summed E-state index contributed by atoms with van der Waals surface area (Å²) in [6, 6.07) is 0. The SMILES string of the molecule is CCCCCCCCOC(=O)CC(C(=O)OCCCCCCCC)S(=O)(=O)[O-].O=C1OCC2C=CC=CC12.[Na+]. The molecule has 11 heteroatoms. The maximum Gasteiger partial charge on any atom is 1.00 e. The molecule has 1 aliphatic heterocycles. The van der Waals surface area contributed by atoms with Crippen molar-refractivity contribution >= 4 is 28.0 Å². The Morgan fingerprint density at radius 2 is 1.41 bits per heavy atom. The molecular weight excluding hydrogens is 535 g/mol. The van der Waals surface area contributed by atoms with Crippen molar-refractivity contribution in [3.63, 3.8) is 0 Å². The minimum absolute atomic E-state index is 0. The minimum Gasteiger partial charge on any atom is -0.747 e. The number of carbonyl (C=O) groups is 3. The molecule has 0 radical (unpaired) electrons. The zero-order chi connectivity index (χ0) is 28.2. The number of allylic oxidation sites excluding steroid dienone is 2. The van der Waals surface area contributed by atoms with E-state index < -0.39 is 33.7 Å². The van der Waals surface area contributed by atoms with Gasteiger partial charge < -0.3 is 18.8 Å². The number of rotatable bonds is 18. The molecule has 1 aliphatic carbocycles. The molecule has 1 saturated heterocycles. The predicted molar refractivity (Wildman–Crippen MR) is 143 cm³/mol. The number of carbonyl (C=O) groups excluding carboxylic acids is 3. The Kier molecular flexibility index (Phi) is 21.8. The third-order valence-electron chi connectivity index (χ3n) is 6.41. The van der Waals surface area contributed by atoms with Crippen molar-refractivity contribution in [1.82, 2.24) is 0 Å². The van der Waals surface area contributed by atoms with Crippen molar-refractivity contribution in [3.8, 4) is 0 Å². The molecule has 2 rings (SSSR count). The van der Waals surface area contributed by atoms with Crippen LogP contribution in [-0.4, -0.2) is 55.9 Å². The van der Waals surface area contributed by atoms with Gasteiger partial charge in [0.15, 0.2) is 5.25 Å². The zero-order valence-corrected chi connectivity index (χ0v) is 26.8. The van der Waals surface area contributed by atoms with Gasteiger partial charge in [-0.1, -0.05) is 102 Å². The smallest absolute Gasteiger partial charge is 0.747 e. The van der Waals surface area contributed by atoms with Crippen LogP contribution in [0.3, 0.4) is 0 Å². The van der Waals surface area contributed by atoms with Crippen LogP contribution in [0.2, 0.25) is 0 Å². The van der Waals surface area contributed by atoms with E-state index in [1.165, 1.54) is 6.42 Å². The van der Waals surface area contributed by atoms with E-state index in [4.69, 9.17) is 14.2 Å². The Morgan fingerprint density at radius 3 is 1.95 bits per heavy atom. The number of esters is 3. The number of hydrogen-bond donors (Lipinski definition) is 0. The van der Waals surface area contributed by atoms with Crippen molar-refractivity contribution < 1.29 is 71.1 Å². The van der Waals surface area contributed by atoms with Crippen LogP contribution in [0.4, 0.5) is 0 Å². The summed E-state index contributed by atoms with van der Waals surface area (Å²) in [5, 5.41) is -2.04. The van der Waals surface area contributed by atoms with Gasteiger partial charge in [-0.05, 0) is 12.8 Å². The maximum atomic E-state index is 11.9. The van der Waals surface area contributed by atoms with Crippen molar-refractivity contribution in [3.05, 3.63) is 24.3 Å². The average Bonchev–Trinajstić information content (AvgIpc) is 3.26. The maximum absolute atomic E-state index is 11.9. The molecule has 0 bridgehead atoms. The summed E-state index contributed by atoms with van der Waals surface area (Å²) >= 11 is 0. The molecule has 3 atom stereocenters. The zero-order valence-electron chi connectivity index (χ0n) is 23.9. The van der Waals surface area contributed by atoms with Crippen molar-refractivity contribution in [2.75, 3.05) is 19.8 Å². The van der Waals surface area contributed by atoms with Gasteiger partial charge in [0.2, 0.25) is 0 Å². The number of fused-ring (bicyclic) bond motifs is 1. The molecule has 0 aromatic carbocycles. The molecule has 39 heavy (non-hydrogen) atoms. The van der Waals surface area contributed by atoms with E-state index in [2.05, 4.69) is 13.8 Å². The molecule has 0 aromatic heterocycles. The predicted octanol–water partition coefficient (Wildman–Crippen LogP) is 2.00. The largest absolute Gasteiger partial charge is 1.00 e. The van der Waals surface area contributed by atoms with Crippen LogP contribution in [0.15, 0.2) is 24.3 Å². The number of cyclic esters (lactones) is 1. The van der Waals surface area contributed by atoms with E-state index in [1.54, 1.807) is 0 Å². The molecule has 1 fully saturated rings. The molecular formula is C28H45NaO9S. The first-order valence-electron chi connectivity index (χ1n) is 14.0. The van der Waals surface area contributed by atoms with Crippen molar-refractivity contribution in [2.24, 2.45) is 11.8 Å². The third kappa shape index (κ3) is 17.3. The fourth-order valence-electron chi connectivity index (χ4n) is 4.07. The topological polar surface area (TPSA) is 136 Å². The molecule has 218 valence electrons. The molecule has 0 amide bonds. The van der Waals surface area contributed by atoms with E-state index in [-0.39, 0.29) is 54.7 Å². The van der Waals surface area contributed by atoms with E-state index in [1.807, 2.05) is 24.3 Å². The van der Waals surface area contributed by atoms with E-state index in [0.717, 1.165) is 57.8 Å². The van der Waals surface area contributed by atoms with Gasteiger partial charge in [-0.15, -0.1) is 0 Å². The minimum atomic E-state index is -4.98. The summed E-state index contributed by atoms with van der Waals surface area (Å²) in [6.07, 6.45) is 18.9. The van der Waals surface area contributed by atoms with Gasteiger partial charge in [0.25, 0.3) is 0 Å². The second kappa shape index (κ2) is 22.5. The third-order valence-corrected chi connectivity index (χ3v) is 7.46. The fourth-order valence-corrected chi connectivity index (χ4v) is 4.71. The first-order valence-corrected chi connectivity index (χ1v) is 15.5. The first kappa shape index (κ1) is 37.8. The van der Waals surface area contributed by atoms with Gasteiger partial charge in [0.05, 0.1) is 32.2 Å². The molecule has 0 N–H and O–H groups in total. The molecule has 2 aliphatic rings. The van der Waals surface area contributed by atoms with Gasteiger partial charge in [0, 0.05) is 5.92 Å². The normalized spacial score (nSPS) is 18.2. The number of ether oxygens (including phenoxy) is 3.